The number of aliphatic hydroxyl groups excluding tert-OH is 1. The fraction of sp³-hybridized carbons (Fsp3) is 0.227. The van der Waals surface area contributed by atoms with Crippen LogP contribution >= 0.6 is 11.3 Å². The molecule has 2 N–H and O–H groups in total. The molecule has 3 aromatic rings. The van der Waals surface area contributed by atoms with Crippen molar-refractivity contribution in [1.29, 1.82) is 5.41 Å². The van der Waals surface area contributed by atoms with Gasteiger partial charge >= 0.3 is 0 Å². The predicted octanol–water partition coefficient (Wildman–Crippen LogP) is 4.30. The molecule has 0 unspecified atom stereocenters. The second-order valence-electron chi connectivity index (χ2n) is 7.29. The Balaban J connectivity index is 1.39. The molecule has 1 saturated heterocycles. The molecule has 3 heterocycles. The molecular formula is C22H20N4O2S. The third-order valence-electron chi connectivity index (χ3n) is 5.43. The number of thiazole rings is 1. The van der Waals surface area contributed by atoms with Gasteiger partial charge in [0.25, 0.3) is 5.91 Å². The fourth-order valence-corrected chi connectivity index (χ4v) is 4.92. The van der Waals surface area contributed by atoms with E-state index < -0.39 is 0 Å². The number of hydrogen-bond donors (Lipinski definition) is 2. The van der Waals surface area contributed by atoms with E-state index in [0.717, 1.165) is 41.8 Å². The number of aromatic nitrogens is 1. The molecule has 2 aliphatic rings. The summed E-state index contributed by atoms with van der Waals surface area (Å²) in [7, 11) is 0. The van der Waals surface area contributed by atoms with Crippen molar-refractivity contribution in [2.24, 2.45) is 0 Å². The Bertz CT molecular complexity index is 1110. The highest BCUT2D eigenvalue weighted by Crippen LogP contribution is 2.35. The van der Waals surface area contributed by atoms with Crippen LogP contribution in [0, 0.1) is 5.41 Å². The molecule has 7 heteroatoms. The Labute approximate surface area is 172 Å². The zero-order valence-corrected chi connectivity index (χ0v) is 16.6. The Hall–Kier alpha value is -3.19. The summed E-state index contributed by atoms with van der Waals surface area (Å²) in [6, 6.07) is 15.1. The summed E-state index contributed by atoms with van der Waals surface area (Å²) >= 11 is 1.47. The van der Waals surface area contributed by atoms with Crippen LogP contribution in [-0.4, -0.2) is 46.4 Å². The van der Waals surface area contributed by atoms with E-state index in [2.05, 4.69) is 4.98 Å². The number of para-hydroxylation sites is 1. The fourth-order valence-electron chi connectivity index (χ4n) is 3.89. The van der Waals surface area contributed by atoms with Gasteiger partial charge in [-0.15, -0.1) is 11.3 Å². The molecule has 1 aromatic heterocycles. The minimum atomic E-state index is 0.0571. The number of amidine groups is 1. The summed E-state index contributed by atoms with van der Waals surface area (Å²) < 4.78 is 1.03. The van der Waals surface area contributed by atoms with Gasteiger partial charge in [0, 0.05) is 24.3 Å². The van der Waals surface area contributed by atoms with Crippen LogP contribution in [0.5, 0.6) is 0 Å². The third kappa shape index (κ3) is 3.07. The van der Waals surface area contributed by atoms with Gasteiger partial charge in [-0.1, -0.05) is 12.1 Å². The molecule has 0 atom stereocenters. The number of nitrogens with one attached hydrogen (secondary N) is 1. The highest BCUT2D eigenvalue weighted by molar-refractivity contribution is 7.19. The summed E-state index contributed by atoms with van der Waals surface area (Å²) in [4.78, 5) is 20.7. The van der Waals surface area contributed by atoms with Gasteiger partial charge in [-0.05, 0) is 49.2 Å². The molecule has 6 nitrogen and oxygen atoms in total. The number of amides is 1. The second-order valence-corrected chi connectivity index (χ2v) is 8.32. The Morgan fingerprint density at radius 2 is 1.79 bits per heavy atom. The van der Waals surface area contributed by atoms with E-state index in [1.165, 1.54) is 11.3 Å². The average Bonchev–Trinajstić information content (AvgIpc) is 3.46. The monoisotopic (exact) mass is 404 g/mol. The number of nitrogens with zero attached hydrogens (tertiary/aromatic N) is 3. The van der Waals surface area contributed by atoms with E-state index in [1.54, 1.807) is 17.0 Å². The lowest BCUT2D eigenvalue weighted by Crippen LogP contribution is -2.28. The standard InChI is InChI=1S/C22H20N4O2S/c23-20-19(21-24-16-5-1-2-6-18(16)29-21)17(27)13-26(20)15-9-7-14(8-10-15)22(28)25-11-3-4-12-25/h1-2,5-10,23,27H,3-4,11-13H2. The SMILES string of the molecule is N=C1C(c2nc3ccccc3s2)=C(O)CN1c1ccc(C(=O)N2CCCC2)cc1. The first-order chi connectivity index (χ1) is 14.1. The van der Waals surface area contributed by atoms with E-state index in [9.17, 15) is 9.90 Å². The number of carbonyl (C=O) groups is 1. The molecule has 0 saturated carbocycles. The van der Waals surface area contributed by atoms with Crippen molar-refractivity contribution in [3.05, 3.63) is 64.9 Å². The molecule has 0 spiro atoms. The van der Waals surface area contributed by atoms with Crippen molar-refractivity contribution in [3.8, 4) is 0 Å². The molecule has 2 aliphatic heterocycles. The second kappa shape index (κ2) is 7.00. The highest BCUT2D eigenvalue weighted by Gasteiger charge is 2.31. The van der Waals surface area contributed by atoms with Gasteiger partial charge in [-0.2, -0.15) is 0 Å². The van der Waals surface area contributed by atoms with Crippen LogP contribution in [-0.2, 0) is 0 Å². The molecule has 1 amide bonds. The van der Waals surface area contributed by atoms with E-state index in [0.29, 0.717) is 16.1 Å². The van der Waals surface area contributed by atoms with E-state index >= 15 is 0 Å². The first kappa shape index (κ1) is 17.9. The van der Waals surface area contributed by atoms with Crippen molar-refractivity contribution in [2.75, 3.05) is 24.5 Å². The van der Waals surface area contributed by atoms with Gasteiger partial charge in [-0.3, -0.25) is 10.2 Å². The zero-order valence-electron chi connectivity index (χ0n) is 15.8. The quantitative estimate of drug-likeness (QED) is 0.682. The zero-order chi connectivity index (χ0) is 20.0. The lowest BCUT2D eigenvalue weighted by Gasteiger charge is -2.20. The van der Waals surface area contributed by atoms with Crippen molar-refractivity contribution in [1.82, 2.24) is 9.88 Å². The highest BCUT2D eigenvalue weighted by atomic mass is 32.1. The summed E-state index contributed by atoms with van der Waals surface area (Å²) in [5.41, 5.74) is 2.77. The minimum Gasteiger partial charge on any atom is -0.510 e. The van der Waals surface area contributed by atoms with Gasteiger partial charge in [0.15, 0.2) is 0 Å². The van der Waals surface area contributed by atoms with Crippen LogP contribution in [0.25, 0.3) is 15.8 Å². The number of aliphatic hydroxyl groups is 1. The van der Waals surface area contributed by atoms with Crippen LogP contribution in [0.15, 0.2) is 54.3 Å². The van der Waals surface area contributed by atoms with Gasteiger partial charge in [0.1, 0.15) is 16.6 Å². The van der Waals surface area contributed by atoms with Gasteiger partial charge < -0.3 is 14.9 Å². The topological polar surface area (TPSA) is 80.5 Å². The molecule has 0 aliphatic carbocycles. The third-order valence-corrected chi connectivity index (χ3v) is 6.48. The molecule has 2 aromatic carbocycles. The average molecular weight is 404 g/mol. The van der Waals surface area contributed by atoms with Crippen molar-refractivity contribution in [3.63, 3.8) is 0 Å². The number of carbonyl (C=O) groups excluding carboxylic acids is 1. The van der Waals surface area contributed by atoms with Gasteiger partial charge in [0.05, 0.1) is 22.3 Å². The number of anilines is 1. The lowest BCUT2D eigenvalue weighted by atomic mass is 10.1. The van der Waals surface area contributed by atoms with Crippen LogP contribution in [0.1, 0.15) is 28.2 Å². The van der Waals surface area contributed by atoms with Crippen molar-refractivity contribution >= 4 is 44.6 Å². The van der Waals surface area contributed by atoms with Gasteiger partial charge in [0.2, 0.25) is 0 Å². The maximum Gasteiger partial charge on any atom is 0.253 e. The predicted molar refractivity (Wildman–Crippen MR) is 116 cm³/mol. The Morgan fingerprint density at radius 1 is 1.07 bits per heavy atom. The minimum absolute atomic E-state index is 0.0571. The van der Waals surface area contributed by atoms with E-state index in [4.69, 9.17) is 5.41 Å². The number of fused-ring (bicyclic) bond motifs is 1. The molecule has 1 fully saturated rings. The van der Waals surface area contributed by atoms with Crippen molar-refractivity contribution < 1.29 is 9.90 Å². The lowest BCUT2D eigenvalue weighted by molar-refractivity contribution is 0.0793. The molecular weight excluding hydrogens is 384 g/mol. The van der Waals surface area contributed by atoms with Crippen molar-refractivity contribution in [2.45, 2.75) is 12.8 Å². The Kier molecular flexibility index (Phi) is 4.32. The smallest absolute Gasteiger partial charge is 0.253 e. The first-order valence-electron chi connectivity index (χ1n) is 9.65. The summed E-state index contributed by atoms with van der Waals surface area (Å²) in [5.74, 6) is 0.424. The Morgan fingerprint density at radius 3 is 2.52 bits per heavy atom. The van der Waals surface area contributed by atoms with Crippen LogP contribution in [0.3, 0.4) is 0 Å². The van der Waals surface area contributed by atoms with E-state index in [-0.39, 0.29) is 24.0 Å². The van der Waals surface area contributed by atoms with Gasteiger partial charge in [-0.25, -0.2) is 4.98 Å². The molecule has 146 valence electrons. The number of likely N-dealkylation sites (tertiary alicyclic amines) is 1. The molecule has 0 radical (unpaired) electrons. The van der Waals surface area contributed by atoms with E-state index in [1.807, 2.05) is 41.3 Å². The summed E-state index contributed by atoms with van der Waals surface area (Å²) in [6.07, 6.45) is 2.13. The molecule has 5 rings (SSSR count). The first-order valence-corrected chi connectivity index (χ1v) is 10.5. The van der Waals surface area contributed by atoms with Crippen LogP contribution < -0.4 is 4.90 Å². The maximum atomic E-state index is 12.5. The van der Waals surface area contributed by atoms with Crippen LogP contribution in [0.2, 0.25) is 0 Å². The van der Waals surface area contributed by atoms with Crippen LogP contribution in [0.4, 0.5) is 5.69 Å². The normalized spacial score (nSPS) is 17.0. The number of hydrogen-bond acceptors (Lipinski definition) is 5. The summed E-state index contributed by atoms with van der Waals surface area (Å²) in [5, 5.41) is 19.8. The maximum absolute atomic E-state index is 12.5. The largest absolute Gasteiger partial charge is 0.510 e. The number of benzene rings is 2. The molecule has 29 heavy (non-hydrogen) atoms. The summed E-state index contributed by atoms with van der Waals surface area (Å²) in [6.45, 7) is 1.87. The molecule has 0 bridgehead atoms. The number of rotatable bonds is 3.